The van der Waals surface area contributed by atoms with Gasteiger partial charge in [0, 0.05) is 30.6 Å². The average molecular weight is 200 g/mol. The predicted octanol–water partition coefficient (Wildman–Crippen LogP) is 1.11. The Labute approximate surface area is 88.2 Å². The van der Waals surface area contributed by atoms with Crippen molar-refractivity contribution in [1.29, 1.82) is 0 Å². The molecule has 2 N–H and O–H groups in total. The zero-order valence-corrected chi connectivity index (χ0v) is 8.24. The number of hydrogen-bond acceptors (Lipinski definition) is 4. The van der Waals surface area contributed by atoms with Gasteiger partial charge in [0.1, 0.15) is 0 Å². The lowest BCUT2D eigenvalue weighted by Crippen LogP contribution is -2.14. The second-order valence-corrected chi connectivity index (χ2v) is 3.31. The van der Waals surface area contributed by atoms with Crippen LogP contribution in [0.1, 0.15) is 17.3 Å². The van der Waals surface area contributed by atoms with Crippen LogP contribution < -0.4 is 5.73 Å². The van der Waals surface area contributed by atoms with E-state index >= 15 is 0 Å². The summed E-state index contributed by atoms with van der Waals surface area (Å²) in [5.74, 6) is 0. The standard InChI is InChI=1S/C11H12N4/c12-11(9-4-6-14-15-8-9)7-10-3-1-2-5-13-10/h1-6,8,11H,7,12H2. The maximum absolute atomic E-state index is 6.02. The van der Waals surface area contributed by atoms with Gasteiger partial charge in [-0.2, -0.15) is 10.2 Å². The molecule has 0 fully saturated rings. The summed E-state index contributed by atoms with van der Waals surface area (Å²) in [6.45, 7) is 0. The largest absolute Gasteiger partial charge is 0.324 e. The van der Waals surface area contributed by atoms with Gasteiger partial charge >= 0.3 is 0 Å². The third-order valence-electron chi connectivity index (χ3n) is 2.19. The minimum Gasteiger partial charge on any atom is -0.324 e. The lowest BCUT2D eigenvalue weighted by atomic mass is 10.1. The summed E-state index contributed by atoms with van der Waals surface area (Å²) in [6, 6.07) is 7.62. The van der Waals surface area contributed by atoms with E-state index in [4.69, 9.17) is 5.73 Å². The predicted molar refractivity (Wildman–Crippen MR) is 56.9 cm³/mol. The van der Waals surface area contributed by atoms with E-state index in [1.165, 1.54) is 0 Å². The molecule has 15 heavy (non-hydrogen) atoms. The zero-order chi connectivity index (χ0) is 10.5. The van der Waals surface area contributed by atoms with Gasteiger partial charge in [0.15, 0.2) is 0 Å². The van der Waals surface area contributed by atoms with Crippen molar-refractivity contribution in [2.24, 2.45) is 5.73 Å². The van der Waals surface area contributed by atoms with Gasteiger partial charge in [0.25, 0.3) is 0 Å². The van der Waals surface area contributed by atoms with Crippen LogP contribution in [0.15, 0.2) is 42.9 Å². The van der Waals surface area contributed by atoms with E-state index in [0.29, 0.717) is 6.42 Å². The van der Waals surface area contributed by atoms with Gasteiger partial charge in [0.05, 0.1) is 6.20 Å². The molecule has 0 radical (unpaired) electrons. The van der Waals surface area contributed by atoms with Crippen LogP contribution in [0.3, 0.4) is 0 Å². The van der Waals surface area contributed by atoms with Crippen LogP contribution in [0, 0.1) is 0 Å². The normalized spacial score (nSPS) is 12.3. The molecule has 2 aromatic heterocycles. The van der Waals surface area contributed by atoms with E-state index in [1.807, 2.05) is 24.3 Å². The van der Waals surface area contributed by atoms with Gasteiger partial charge in [-0.3, -0.25) is 4.98 Å². The number of aromatic nitrogens is 3. The van der Waals surface area contributed by atoms with E-state index in [0.717, 1.165) is 11.3 Å². The first-order chi connectivity index (χ1) is 7.36. The molecule has 0 aliphatic rings. The molecule has 0 saturated carbocycles. The quantitative estimate of drug-likeness (QED) is 0.806. The fourth-order valence-electron chi connectivity index (χ4n) is 1.38. The van der Waals surface area contributed by atoms with Crippen molar-refractivity contribution >= 4 is 0 Å². The Kier molecular flexibility index (Phi) is 2.99. The minimum absolute atomic E-state index is 0.0737. The molecule has 1 atom stereocenters. The average Bonchev–Trinajstić information content (AvgIpc) is 2.31. The molecular formula is C11H12N4. The van der Waals surface area contributed by atoms with E-state index in [2.05, 4.69) is 15.2 Å². The molecule has 2 rings (SSSR count). The first-order valence-electron chi connectivity index (χ1n) is 4.78. The van der Waals surface area contributed by atoms with Crippen molar-refractivity contribution in [3.63, 3.8) is 0 Å². The molecule has 4 heteroatoms. The highest BCUT2D eigenvalue weighted by Crippen LogP contribution is 2.12. The Morgan fingerprint density at radius 2 is 2.07 bits per heavy atom. The minimum atomic E-state index is -0.0737. The maximum atomic E-state index is 6.02. The molecule has 0 aliphatic carbocycles. The van der Waals surface area contributed by atoms with Crippen molar-refractivity contribution in [1.82, 2.24) is 15.2 Å². The lowest BCUT2D eigenvalue weighted by molar-refractivity contribution is 0.698. The van der Waals surface area contributed by atoms with Gasteiger partial charge in [-0.25, -0.2) is 0 Å². The Morgan fingerprint density at radius 1 is 1.13 bits per heavy atom. The number of nitrogens with zero attached hydrogens (tertiary/aromatic N) is 3. The first-order valence-corrected chi connectivity index (χ1v) is 4.78. The van der Waals surface area contributed by atoms with E-state index in [1.54, 1.807) is 18.6 Å². The molecule has 2 aromatic rings. The summed E-state index contributed by atoms with van der Waals surface area (Å²) in [7, 11) is 0. The second kappa shape index (κ2) is 4.61. The summed E-state index contributed by atoms with van der Waals surface area (Å²) in [5, 5.41) is 7.51. The first kappa shape index (κ1) is 9.73. The number of pyridine rings is 1. The highest BCUT2D eigenvalue weighted by Gasteiger charge is 2.07. The molecule has 76 valence electrons. The monoisotopic (exact) mass is 200 g/mol. The molecule has 0 bridgehead atoms. The van der Waals surface area contributed by atoms with E-state index in [-0.39, 0.29) is 6.04 Å². The molecule has 0 aromatic carbocycles. The van der Waals surface area contributed by atoms with Gasteiger partial charge in [-0.1, -0.05) is 6.07 Å². The maximum Gasteiger partial charge on any atom is 0.0544 e. The second-order valence-electron chi connectivity index (χ2n) is 3.31. The molecule has 2 heterocycles. The van der Waals surface area contributed by atoms with Crippen LogP contribution in [0.4, 0.5) is 0 Å². The highest BCUT2D eigenvalue weighted by atomic mass is 15.1. The summed E-state index contributed by atoms with van der Waals surface area (Å²) < 4.78 is 0. The van der Waals surface area contributed by atoms with Crippen LogP contribution in [-0.4, -0.2) is 15.2 Å². The van der Waals surface area contributed by atoms with Crippen molar-refractivity contribution in [2.75, 3.05) is 0 Å². The zero-order valence-electron chi connectivity index (χ0n) is 8.24. The fourth-order valence-corrected chi connectivity index (χ4v) is 1.38. The smallest absolute Gasteiger partial charge is 0.0544 e. The van der Waals surface area contributed by atoms with Gasteiger partial charge in [-0.05, 0) is 23.8 Å². The third kappa shape index (κ3) is 2.57. The molecule has 4 nitrogen and oxygen atoms in total. The number of hydrogen-bond donors (Lipinski definition) is 1. The lowest BCUT2D eigenvalue weighted by Gasteiger charge is -2.09. The third-order valence-corrected chi connectivity index (χ3v) is 2.19. The van der Waals surface area contributed by atoms with Crippen LogP contribution >= 0.6 is 0 Å². The number of nitrogens with two attached hydrogens (primary N) is 1. The molecule has 1 unspecified atom stereocenters. The molecule has 0 amide bonds. The highest BCUT2D eigenvalue weighted by molar-refractivity contribution is 5.15. The van der Waals surface area contributed by atoms with Crippen LogP contribution in [0.5, 0.6) is 0 Å². The number of rotatable bonds is 3. The fraction of sp³-hybridized carbons (Fsp3) is 0.182. The van der Waals surface area contributed by atoms with Crippen LogP contribution in [-0.2, 0) is 6.42 Å². The summed E-state index contributed by atoms with van der Waals surface area (Å²) in [4.78, 5) is 4.23. The van der Waals surface area contributed by atoms with Crippen LogP contribution in [0.25, 0.3) is 0 Å². The molecular weight excluding hydrogens is 188 g/mol. The molecule has 0 spiro atoms. The Bertz CT molecular complexity index is 401. The van der Waals surface area contributed by atoms with Gasteiger partial charge < -0.3 is 5.73 Å². The SMILES string of the molecule is NC(Cc1ccccn1)c1ccnnc1. The van der Waals surface area contributed by atoms with Crippen molar-refractivity contribution in [2.45, 2.75) is 12.5 Å². The Hall–Kier alpha value is -1.81. The van der Waals surface area contributed by atoms with Gasteiger partial charge in [-0.15, -0.1) is 0 Å². The Morgan fingerprint density at radius 3 is 2.73 bits per heavy atom. The van der Waals surface area contributed by atoms with Crippen molar-refractivity contribution in [3.05, 3.63) is 54.1 Å². The summed E-state index contributed by atoms with van der Waals surface area (Å²) in [6.07, 6.45) is 5.82. The summed E-state index contributed by atoms with van der Waals surface area (Å²) >= 11 is 0. The van der Waals surface area contributed by atoms with Crippen molar-refractivity contribution < 1.29 is 0 Å². The molecule has 0 aliphatic heterocycles. The topological polar surface area (TPSA) is 64.7 Å². The molecule has 0 saturated heterocycles. The van der Waals surface area contributed by atoms with E-state index < -0.39 is 0 Å². The van der Waals surface area contributed by atoms with Gasteiger partial charge in [0.2, 0.25) is 0 Å². The Balaban J connectivity index is 2.08. The summed E-state index contributed by atoms with van der Waals surface area (Å²) in [5.41, 5.74) is 7.99. The van der Waals surface area contributed by atoms with Crippen LogP contribution in [0.2, 0.25) is 0 Å². The van der Waals surface area contributed by atoms with Crippen molar-refractivity contribution in [3.8, 4) is 0 Å². The van der Waals surface area contributed by atoms with E-state index in [9.17, 15) is 0 Å².